The molecule has 0 radical (unpaired) electrons. The molecule has 3 nitrogen and oxygen atoms in total. The highest BCUT2D eigenvalue weighted by Crippen LogP contribution is 2.19. The first-order valence-corrected chi connectivity index (χ1v) is 5.49. The first-order chi connectivity index (χ1) is 7.50. The summed E-state index contributed by atoms with van der Waals surface area (Å²) in [5.74, 6) is -0.747. The zero-order valence-electron chi connectivity index (χ0n) is 10.5. The molecule has 1 unspecified atom stereocenters. The van der Waals surface area contributed by atoms with Crippen LogP contribution in [0.2, 0.25) is 0 Å². The number of carbonyl (C=O) groups is 1. The second kappa shape index (κ2) is 7.30. The van der Waals surface area contributed by atoms with Gasteiger partial charge in [-0.1, -0.05) is 29.8 Å². The van der Waals surface area contributed by atoms with Crippen LogP contribution in [0.3, 0.4) is 0 Å². The zero-order chi connectivity index (χ0) is 12.1. The van der Waals surface area contributed by atoms with E-state index in [0.29, 0.717) is 6.54 Å². The van der Waals surface area contributed by atoms with Gasteiger partial charge in [-0.05, 0) is 26.5 Å². The topological polar surface area (TPSA) is 40.5 Å². The van der Waals surface area contributed by atoms with E-state index in [1.807, 2.05) is 13.1 Å². The van der Waals surface area contributed by atoms with E-state index in [0.717, 1.165) is 0 Å². The third kappa shape index (κ3) is 5.20. The maximum Gasteiger partial charge on any atom is 0.304 e. The number of carboxylic acids is 1. The number of carboxylic acid groups (broad SMARTS) is 1. The Morgan fingerprint density at radius 1 is 1.47 bits per heavy atom. The molecule has 0 saturated heterocycles. The third-order valence-electron chi connectivity index (χ3n) is 2.86. The van der Waals surface area contributed by atoms with Gasteiger partial charge in [0.1, 0.15) is 0 Å². The quantitative estimate of drug-likeness (QED) is 0.882. The van der Waals surface area contributed by atoms with Crippen molar-refractivity contribution in [1.82, 2.24) is 4.90 Å². The van der Waals surface area contributed by atoms with Crippen molar-refractivity contribution >= 4 is 18.4 Å². The molecule has 96 valence electrons. The van der Waals surface area contributed by atoms with Crippen LogP contribution in [0.15, 0.2) is 24.3 Å². The van der Waals surface area contributed by atoms with Gasteiger partial charge in [0, 0.05) is 12.6 Å². The number of hydrogen-bond donors (Lipinski definition) is 1. The molecule has 0 aliphatic heterocycles. The lowest BCUT2D eigenvalue weighted by Gasteiger charge is -2.24. The van der Waals surface area contributed by atoms with Gasteiger partial charge in [-0.2, -0.15) is 0 Å². The minimum Gasteiger partial charge on any atom is -0.481 e. The highest BCUT2D eigenvalue weighted by Gasteiger charge is 2.12. The Kier molecular flexibility index (Phi) is 6.85. The maximum atomic E-state index is 10.5. The molecule has 1 aromatic rings. The van der Waals surface area contributed by atoms with E-state index < -0.39 is 5.97 Å². The zero-order valence-corrected chi connectivity index (χ0v) is 11.3. The summed E-state index contributed by atoms with van der Waals surface area (Å²) in [7, 11) is 1.95. The first kappa shape index (κ1) is 15.9. The predicted octanol–water partition coefficient (Wildman–Crippen LogP) is 2.88. The van der Waals surface area contributed by atoms with Gasteiger partial charge in [0.05, 0.1) is 6.42 Å². The van der Waals surface area contributed by atoms with Crippen molar-refractivity contribution in [3.63, 3.8) is 0 Å². The number of nitrogens with zero attached hydrogens (tertiary/aromatic N) is 1. The lowest BCUT2D eigenvalue weighted by molar-refractivity contribution is -0.137. The van der Waals surface area contributed by atoms with Crippen molar-refractivity contribution in [1.29, 1.82) is 0 Å². The molecule has 1 atom stereocenters. The summed E-state index contributed by atoms with van der Waals surface area (Å²) in [6.45, 7) is 4.73. The molecule has 0 spiro atoms. The van der Waals surface area contributed by atoms with E-state index in [-0.39, 0.29) is 24.9 Å². The molecule has 0 amide bonds. The number of halogens is 1. The molecular weight excluding hydrogens is 238 g/mol. The lowest BCUT2D eigenvalue weighted by Crippen LogP contribution is -2.25. The van der Waals surface area contributed by atoms with Crippen molar-refractivity contribution in [3.8, 4) is 0 Å². The average molecular weight is 258 g/mol. The first-order valence-electron chi connectivity index (χ1n) is 5.49. The van der Waals surface area contributed by atoms with Gasteiger partial charge >= 0.3 is 5.97 Å². The van der Waals surface area contributed by atoms with Gasteiger partial charge in [-0.25, -0.2) is 0 Å². The molecule has 0 aliphatic carbocycles. The van der Waals surface area contributed by atoms with Gasteiger partial charge in [-0.3, -0.25) is 9.69 Å². The van der Waals surface area contributed by atoms with E-state index in [1.165, 1.54) is 11.1 Å². The normalized spacial score (nSPS) is 12.0. The van der Waals surface area contributed by atoms with Crippen LogP contribution in [-0.2, 0) is 4.79 Å². The van der Waals surface area contributed by atoms with E-state index in [1.54, 1.807) is 0 Å². The predicted molar refractivity (Wildman–Crippen MR) is 71.7 cm³/mol. The Hall–Kier alpha value is -1.06. The molecule has 0 heterocycles. The van der Waals surface area contributed by atoms with E-state index in [9.17, 15) is 4.79 Å². The fourth-order valence-corrected chi connectivity index (χ4v) is 1.65. The fraction of sp³-hybridized carbons (Fsp3) is 0.462. The molecule has 17 heavy (non-hydrogen) atoms. The second-order valence-electron chi connectivity index (χ2n) is 4.21. The van der Waals surface area contributed by atoms with Crippen LogP contribution in [0.5, 0.6) is 0 Å². The molecule has 1 aromatic carbocycles. The van der Waals surface area contributed by atoms with Crippen molar-refractivity contribution in [2.75, 3.05) is 13.6 Å². The van der Waals surface area contributed by atoms with Crippen LogP contribution >= 0.6 is 12.4 Å². The summed E-state index contributed by atoms with van der Waals surface area (Å²) in [6.07, 6.45) is 0.187. The summed E-state index contributed by atoms with van der Waals surface area (Å²) in [5, 5.41) is 8.63. The molecular formula is C13H20ClNO2. The van der Waals surface area contributed by atoms with E-state index in [2.05, 4.69) is 36.9 Å². The van der Waals surface area contributed by atoms with Gasteiger partial charge in [0.25, 0.3) is 0 Å². The van der Waals surface area contributed by atoms with Crippen molar-refractivity contribution in [3.05, 3.63) is 35.4 Å². The minimum atomic E-state index is -0.747. The standard InChI is InChI=1S/C13H19NO2.ClH/c1-10-5-4-6-12(9-10)11(2)14(3)8-7-13(15)16;/h4-6,9,11H,7-8H2,1-3H3,(H,15,16);1H. The van der Waals surface area contributed by atoms with Crippen LogP contribution in [0, 0.1) is 6.92 Å². The molecule has 0 fully saturated rings. The van der Waals surface area contributed by atoms with Crippen molar-refractivity contribution in [2.45, 2.75) is 26.3 Å². The summed E-state index contributed by atoms with van der Waals surface area (Å²) in [6, 6.07) is 8.57. The Morgan fingerprint density at radius 2 is 2.12 bits per heavy atom. The third-order valence-corrected chi connectivity index (χ3v) is 2.86. The largest absolute Gasteiger partial charge is 0.481 e. The Labute approximate surface area is 109 Å². The second-order valence-corrected chi connectivity index (χ2v) is 4.21. The van der Waals surface area contributed by atoms with Gasteiger partial charge in [0.15, 0.2) is 0 Å². The monoisotopic (exact) mass is 257 g/mol. The molecule has 0 aliphatic rings. The van der Waals surface area contributed by atoms with Crippen molar-refractivity contribution < 1.29 is 9.90 Å². The summed E-state index contributed by atoms with van der Waals surface area (Å²) in [4.78, 5) is 12.5. The minimum absolute atomic E-state index is 0. The fourth-order valence-electron chi connectivity index (χ4n) is 1.65. The van der Waals surface area contributed by atoms with E-state index >= 15 is 0 Å². The number of hydrogen-bond acceptors (Lipinski definition) is 2. The van der Waals surface area contributed by atoms with Crippen molar-refractivity contribution in [2.24, 2.45) is 0 Å². The van der Waals surface area contributed by atoms with Crippen LogP contribution in [0.4, 0.5) is 0 Å². The molecule has 1 N–H and O–H groups in total. The average Bonchev–Trinajstić information content (AvgIpc) is 2.24. The maximum absolute atomic E-state index is 10.5. The SMILES string of the molecule is Cc1cccc(C(C)N(C)CCC(=O)O)c1.Cl. The van der Waals surface area contributed by atoms with Crippen LogP contribution in [-0.4, -0.2) is 29.6 Å². The molecule has 4 heteroatoms. The van der Waals surface area contributed by atoms with Gasteiger partial charge in [-0.15, -0.1) is 12.4 Å². The molecule has 0 aromatic heterocycles. The van der Waals surface area contributed by atoms with E-state index in [4.69, 9.17) is 5.11 Å². The smallest absolute Gasteiger partial charge is 0.304 e. The van der Waals surface area contributed by atoms with Crippen LogP contribution in [0.25, 0.3) is 0 Å². The molecule has 0 bridgehead atoms. The Morgan fingerprint density at radius 3 is 2.65 bits per heavy atom. The Bertz CT molecular complexity index is 368. The van der Waals surface area contributed by atoms with Gasteiger partial charge in [0.2, 0.25) is 0 Å². The number of aryl methyl sites for hydroxylation is 1. The molecule has 1 rings (SSSR count). The summed E-state index contributed by atoms with van der Waals surface area (Å²) < 4.78 is 0. The van der Waals surface area contributed by atoms with Crippen LogP contribution in [0.1, 0.15) is 30.5 Å². The summed E-state index contributed by atoms with van der Waals surface area (Å²) >= 11 is 0. The number of benzene rings is 1. The Balaban J connectivity index is 0.00000256. The summed E-state index contributed by atoms with van der Waals surface area (Å²) in [5.41, 5.74) is 2.46. The lowest BCUT2D eigenvalue weighted by atomic mass is 10.0. The van der Waals surface area contributed by atoms with Crippen LogP contribution < -0.4 is 0 Å². The highest BCUT2D eigenvalue weighted by molar-refractivity contribution is 5.85. The molecule has 0 saturated carbocycles. The number of rotatable bonds is 5. The van der Waals surface area contributed by atoms with Gasteiger partial charge < -0.3 is 5.11 Å². The highest BCUT2D eigenvalue weighted by atomic mass is 35.5. The number of aliphatic carboxylic acids is 1.